The van der Waals surface area contributed by atoms with E-state index in [1.807, 2.05) is 31.2 Å². The number of aromatic nitrogens is 2. The maximum Gasteiger partial charge on any atom is 0.251 e. The lowest BCUT2D eigenvalue weighted by atomic mass is 10.0. The second kappa shape index (κ2) is 4.29. The largest absolute Gasteiger partial charge is 0.492 e. The maximum absolute atomic E-state index is 11.6. The fraction of sp³-hybridized carbons (Fsp3) is 0.286. The number of hydrogen-bond acceptors (Lipinski definition) is 3. The molecule has 0 saturated heterocycles. The van der Waals surface area contributed by atoms with Gasteiger partial charge in [-0.15, -0.1) is 0 Å². The van der Waals surface area contributed by atoms with Crippen LogP contribution in [0.2, 0.25) is 0 Å². The van der Waals surface area contributed by atoms with Crippen molar-refractivity contribution in [1.29, 1.82) is 0 Å². The Balaban J connectivity index is 2.07. The van der Waals surface area contributed by atoms with Crippen molar-refractivity contribution in [1.82, 2.24) is 9.97 Å². The molecule has 2 aromatic rings. The van der Waals surface area contributed by atoms with E-state index in [4.69, 9.17) is 4.74 Å². The lowest BCUT2D eigenvalue weighted by Crippen LogP contribution is -2.17. The van der Waals surface area contributed by atoms with Gasteiger partial charge in [0.2, 0.25) is 0 Å². The van der Waals surface area contributed by atoms with Gasteiger partial charge in [0.25, 0.3) is 5.56 Å². The molecule has 2 heterocycles. The molecule has 0 spiro atoms. The van der Waals surface area contributed by atoms with E-state index < -0.39 is 0 Å². The smallest absolute Gasteiger partial charge is 0.251 e. The third kappa shape index (κ3) is 1.79. The van der Waals surface area contributed by atoms with Crippen LogP contribution in [0, 0.1) is 0 Å². The Labute approximate surface area is 105 Å². The minimum atomic E-state index is -0.0961. The van der Waals surface area contributed by atoms with Crippen molar-refractivity contribution in [2.24, 2.45) is 0 Å². The van der Waals surface area contributed by atoms with E-state index in [1.165, 1.54) is 0 Å². The SMILES string of the molecule is CCc1cc(=O)[nH]c(C2COc3ccccc32)n1. The highest BCUT2D eigenvalue weighted by atomic mass is 16.5. The van der Waals surface area contributed by atoms with Gasteiger partial charge in [-0.1, -0.05) is 25.1 Å². The Bertz CT molecular complexity index is 634. The van der Waals surface area contributed by atoms with E-state index in [-0.39, 0.29) is 11.5 Å². The first-order valence-corrected chi connectivity index (χ1v) is 6.10. The van der Waals surface area contributed by atoms with Crippen molar-refractivity contribution < 1.29 is 4.74 Å². The topological polar surface area (TPSA) is 55.0 Å². The number of aromatic amines is 1. The van der Waals surface area contributed by atoms with Gasteiger partial charge in [-0.3, -0.25) is 4.79 Å². The Morgan fingerprint density at radius 2 is 2.28 bits per heavy atom. The highest BCUT2D eigenvalue weighted by molar-refractivity contribution is 5.42. The van der Waals surface area contributed by atoms with Gasteiger partial charge in [0, 0.05) is 17.3 Å². The van der Waals surface area contributed by atoms with Crippen LogP contribution in [-0.2, 0) is 6.42 Å². The number of ether oxygens (including phenoxy) is 1. The zero-order chi connectivity index (χ0) is 12.5. The molecule has 4 nitrogen and oxygen atoms in total. The molecule has 1 aliphatic rings. The van der Waals surface area contributed by atoms with E-state index >= 15 is 0 Å². The van der Waals surface area contributed by atoms with Gasteiger partial charge in [-0.2, -0.15) is 0 Å². The zero-order valence-electron chi connectivity index (χ0n) is 10.1. The van der Waals surface area contributed by atoms with Gasteiger partial charge in [0.05, 0.1) is 5.92 Å². The molecule has 92 valence electrons. The lowest BCUT2D eigenvalue weighted by molar-refractivity contribution is 0.339. The molecule has 0 radical (unpaired) electrons. The van der Waals surface area contributed by atoms with Crippen LogP contribution in [0.25, 0.3) is 0 Å². The normalized spacial score (nSPS) is 17.3. The summed E-state index contributed by atoms with van der Waals surface area (Å²) in [6.45, 7) is 2.53. The number of rotatable bonds is 2. The summed E-state index contributed by atoms with van der Waals surface area (Å²) in [4.78, 5) is 18.9. The molecule has 1 aromatic heterocycles. The van der Waals surface area contributed by atoms with E-state index in [0.29, 0.717) is 12.4 Å². The molecule has 3 rings (SSSR count). The highest BCUT2D eigenvalue weighted by Crippen LogP contribution is 2.35. The summed E-state index contributed by atoms with van der Waals surface area (Å²) in [5.41, 5.74) is 1.81. The number of hydrogen-bond donors (Lipinski definition) is 1. The Kier molecular flexibility index (Phi) is 2.63. The first kappa shape index (κ1) is 11.0. The second-order valence-corrected chi connectivity index (χ2v) is 4.38. The molecular formula is C14H14N2O2. The molecule has 1 aromatic carbocycles. The van der Waals surface area contributed by atoms with Gasteiger partial charge < -0.3 is 9.72 Å². The van der Waals surface area contributed by atoms with E-state index in [9.17, 15) is 4.79 Å². The number of H-pyrrole nitrogens is 1. The first-order chi connectivity index (χ1) is 8.78. The molecule has 1 unspecified atom stereocenters. The third-order valence-corrected chi connectivity index (χ3v) is 3.21. The average Bonchev–Trinajstić information content (AvgIpc) is 2.81. The van der Waals surface area contributed by atoms with Crippen LogP contribution in [0.3, 0.4) is 0 Å². The van der Waals surface area contributed by atoms with Crippen molar-refractivity contribution >= 4 is 0 Å². The van der Waals surface area contributed by atoms with Crippen molar-refractivity contribution in [3.63, 3.8) is 0 Å². The standard InChI is InChI=1S/C14H14N2O2/c1-2-9-7-13(17)16-14(15-9)11-8-18-12-6-4-3-5-10(11)12/h3-7,11H,2,8H2,1H3,(H,15,16,17). The lowest BCUT2D eigenvalue weighted by Gasteiger charge is -2.08. The van der Waals surface area contributed by atoms with Crippen molar-refractivity contribution in [3.8, 4) is 5.75 Å². The summed E-state index contributed by atoms with van der Waals surface area (Å²) in [6, 6.07) is 9.43. The Hall–Kier alpha value is -2.10. The zero-order valence-corrected chi connectivity index (χ0v) is 10.1. The summed E-state index contributed by atoms with van der Waals surface area (Å²) >= 11 is 0. The van der Waals surface area contributed by atoms with Crippen LogP contribution >= 0.6 is 0 Å². The second-order valence-electron chi connectivity index (χ2n) is 4.38. The van der Waals surface area contributed by atoms with Gasteiger partial charge >= 0.3 is 0 Å². The summed E-state index contributed by atoms with van der Waals surface area (Å²) < 4.78 is 5.62. The number of aryl methyl sites for hydroxylation is 1. The molecule has 4 heteroatoms. The summed E-state index contributed by atoms with van der Waals surface area (Å²) in [5.74, 6) is 1.61. The minimum Gasteiger partial charge on any atom is -0.492 e. The number of benzene rings is 1. The van der Waals surface area contributed by atoms with Gasteiger partial charge in [0.1, 0.15) is 18.2 Å². The molecule has 0 fully saturated rings. The Morgan fingerprint density at radius 3 is 3.11 bits per heavy atom. The predicted octanol–water partition coefficient (Wildman–Crippen LogP) is 1.86. The van der Waals surface area contributed by atoms with Crippen molar-refractivity contribution in [2.45, 2.75) is 19.3 Å². The molecule has 1 atom stereocenters. The molecule has 18 heavy (non-hydrogen) atoms. The van der Waals surface area contributed by atoms with Crippen LogP contribution in [0.1, 0.15) is 29.9 Å². The summed E-state index contributed by atoms with van der Waals surface area (Å²) in [5, 5.41) is 0. The van der Waals surface area contributed by atoms with Crippen molar-refractivity contribution in [2.75, 3.05) is 6.61 Å². The average molecular weight is 242 g/mol. The molecule has 0 aliphatic carbocycles. The highest BCUT2D eigenvalue weighted by Gasteiger charge is 2.27. The fourth-order valence-electron chi connectivity index (χ4n) is 2.26. The number of nitrogens with one attached hydrogen (secondary N) is 1. The van der Waals surface area contributed by atoms with Crippen LogP contribution in [0.15, 0.2) is 35.1 Å². The Morgan fingerprint density at radius 1 is 1.44 bits per heavy atom. The van der Waals surface area contributed by atoms with Crippen molar-refractivity contribution in [3.05, 3.63) is 57.8 Å². The number of para-hydroxylation sites is 1. The molecule has 0 bridgehead atoms. The first-order valence-electron chi connectivity index (χ1n) is 6.10. The van der Waals surface area contributed by atoms with E-state index in [1.54, 1.807) is 6.07 Å². The van der Waals surface area contributed by atoms with Gasteiger partial charge in [0.15, 0.2) is 0 Å². The van der Waals surface area contributed by atoms with Gasteiger partial charge in [-0.05, 0) is 12.5 Å². The van der Waals surface area contributed by atoms with Crippen LogP contribution in [0.5, 0.6) is 5.75 Å². The number of fused-ring (bicyclic) bond motifs is 1. The summed E-state index contributed by atoms with van der Waals surface area (Å²) in [6.07, 6.45) is 0.756. The quantitative estimate of drug-likeness (QED) is 0.874. The predicted molar refractivity (Wildman–Crippen MR) is 68.0 cm³/mol. The van der Waals surface area contributed by atoms with Crippen LogP contribution in [-0.4, -0.2) is 16.6 Å². The van der Waals surface area contributed by atoms with Crippen LogP contribution in [0.4, 0.5) is 0 Å². The molecule has 0 amide bonds. The summed E-state index contributed by atoms with van der Waals surface area (Å²) in [7, 11) is 0. The van der Waals surface area contributed by atoms with E-state index in [2.05, 4.69) is 9.97 Å². The molecular weight excluding hydrogens is 228 g/mol. The fourth-order valence-corrected chi connectivity index (χ4v) is 2.26. The molecule has 1 N–H and O–H groups in total. The van der Waals surface area contributed by atoms with E-state index in [0.717, 1.165) is 23.4 Å². The third-order valence-electron chi connectivity index (χ3n) is 3.21. The molecule has 0 saturated carbocycles. The number of nitrogens with zero attached hydrogens (tertiary/aromatic N) is 1. The monoisotopic (exact) mass is 242 g/mol. The maximum atomic E-state index is 11.6. The minimum absolute atomic E-state index is 0.0281. The van der Waals surface area contributed by atoms with Gasteiger partial charge in [-0.25, -0.2) is 4.98 Å². The molecule has 1 aliphatic heterocycles. The van der Waals surface area contributed by atoms with Crippen LogP contribution < -0.4 is 10.3 Å².